The molecule has 0 aliphatic carbocycles. The predicted octanol–water partition coefficient (Wildman–Crippen LogP) is -1.06. The molecule has 4 heterocycles. The number of carbonyl (C=O) groups excluding carboxylic acids is 3. The van der Waals surface area contributed by atoms with E-state index < -0.39 is 11.6 Å². The van der Waals surface area contributed by atoms with Gasteiger partial charge in [-0.05, 0) is 25.7 Å². The minimum absolute atomic E-state index is 0.0454. The maximum Gasteiger partial charge on any atom is 0.322 e. The highest BCUT2D eigenvalue weighted by Gasteiger charge is 2.53. The zero-order chi connectivity index (χ0) is 13.9. The number of imide groups is 1. The Bertz CT molecular complexity index is 508. The maximum atomic E-state index is 12.6. The molecule has 4 atom stereocenters. The first-order valence-electron chi connectivity index (χ1n) is 7.26. The van der Waals surface area contributed by atoms with Gasteiger partial charge >= 0.3 is 6.03 Å². The van der Waals surface area contributed by atoms with Crippen molar-refractivity contribution in [2.45, 2.75) is 43.3 Å². The van der Waals surface area contributed by atoms with Gasteiger partial charge in [0.1, 0.15) is 5.54 Å². The third-order valence-corrected chi connectivity index (χ3v) is 5.21. The topological polar surface area (TPSA) is 90.5 Å². The number of rotatable bonds is 1. The van der Waals surface area contributed by atoms with E-state index in [4.69, 9.17) is 0 Å². The van der Waals surface area contributed by atoms with Crippen molar-refractivity contribution in [3.63, 3.8) is 0 Å². The van der Waals surface area contributed by atoms with Gasteiger partial charge in [-0.15, -0.1) is 0 Å². The minimum atomic E-state index is -0.891. The molecule has 20 heavy (non-hydrogen) atoms. The molecule has 4 aliphatic rings. The van der Waals surface area contributed by atoms with Crippen LogP contribution in [0.1, 0.15) is 25.7 Å². The van der Waals surface area contributed by atoms with Gasteiger partial charge in [0.25, 0.3) is 5.91 Å². The van der Waals surface area contributed by atoms with Crippen LogP contribution in [0.15, 0.2) is 0 Å². The van der Waals surface area contributed by atoms with Crippen LogP contribution in [-0.2, 0) is 9.59 Å². The summed E-state index contributed by atoms with van der Waals surface area (Å²) in [5.41, 5.74) is -0.891. The molecule has 0 aromatic heterocycles. The van der Waals surface area contributed by atoms with Crippen molar-refractivity contribution in [3.05, 3.63) is 0 Å². The van der Waals surface area contributed by atoms with Gasteiger partial charge in [-0.25, -0.2) is 4.79 Å². The van der Waals surface area contributed by atoms with Crippen molar-refractivity contribution in [3.8, 4) is 0 Å². The highest BCUT2D eigenvalue weighted by Crippen LogP contribution is 2.36. The average Bonchev–Trinajstić information content (AvgIpc) is 3.15. The molecule has 4 amide bonds. The number of fused-ring (bicyclic) bond motifs is 2. The van der Waals surface area contributed by atoms with Crippen LogP contribution in [0.2, 0.25) is 0 Å². The minimum Gasteiger partial charge on any atom is -0.339 e. The third kappa shape index (κ3) is 1.59. The van der Waals surface area contributed by atoms with E-state index in [1.54, 1.807) is 4.90 Å². The first-order chi connectivity index (χ1) is 9.57. The van der Waals surface area contributed by atoms with Crippen molar-refractivity contribution in [1.29, 1.82) is 0 Å². The number of carbonyl (C=O) groups is 3. The molecule has 4 unspecified atom stereocenters. The van der Waals surface area contributed by atoms with E-state index >= 15 is 0 Å². The van der Waals surface area contributed by atoms with Gasteiger partial charge < -0.3 is 15.5 Å². The van der Waals surface area contributed by atoms with E-state index in [0.717, 1.165) is 19.3 Å². The molecule has 3 N–H and O–H groups in total. The lowest BCUT2D eigenvalue weighted by Crippen LogP contribution is -2.50. The van der Waals surface area contributed by atoms with E-state index in [9.17, 15) is 14.4 Å². The fourth-order valence-corrected chi connectivity index (χ4v) is 4.14. The molecule has 7 heteroatoms. The van der Waals surface area contributed by atoms with Crippen molar-refractivity contribution in [2.75, 3.05) is 13.1 Å². The summed E-state index contributed by atoms with van der Waals surface area (Å²) < 4.78 is 0. The fourth-order valence-electron chi connectivity index (χ4n) is 4.14. The zero-order valence-electron chi connectivity index (χ0n) is 11.1. The smallest absolute Gasteiger partial charge is 0.322 e. The Morgan fingerprint density at radius 3 is 2.75 bits per heavy atom. The van der Waals surface area contributed by atoms with Crippen LogP contribution in [-0.4, -0.2) is 53.5 Å². The number of hydrogen-bond acceptors (Lipinski definition) is 4. The molecule has 4 fully saturated rings. The lowest BCUT2D eigenvalue weighted by Gasteiger charge is -2.26. The van der Waals surface area contributed by atoms with Gasteiger partial charge in [-0.3, -0.25) is 14.9 Å². The number of hydrogen-bond donors (Lipinski definition) is 3. The zero-order valence-corrected chi connectivity index (χ0v) is 11.1. The molecule has 108 valence electrons. The van der Waals surface area contributed by atoms with Gasteiger partial charge in [-0.2, -0.15) is 0 Å². The second-order valence-electron chi connectivity index (χ2n) is 6.39. The summed E-state index contributed by atoms with van der Waals surface area (Å²) in [5.74, 6) is -0.122. The van der Waals surface area contributed by atoms with Crippen LogP contribution in [0.3, 0.4) is 0 Å². The van der Waals surface area contributed by atoms with E-state index in [2.05, 4.69) is 16.0 Å². The molecule has 0 saturated carbocycles. The van der Waals surface area contributed by atoms with E-state index in [0.29, 0.717) is 31.6 Å². The van der Waals surface area contributed by atoms with Crippen molar-refractivity contribution in [1.82, 2.24) is 20.9 Å². The third-order valence-electron chi connectivity index (χ3n) is 5.21. The summed E-state index contributed by atoms with van der Waals surface area (Å²) in [6, 6.07) is 0.335. The second-order valence-corrected chi connectivity index (χ2v) is 6.39. The molecule has 4 rings (SSSR count). The molecule has 4 aliphatic heterocycles. The number of urea groups is 1. The Labute approximate surface area is 116 Å². The van der Waals surface area contributed by atoms with Crippen LogP contribution < -0.4 is 16.0 Å². The molecular weight excluding hydrogens is 260 g/mol. The summed E-state index contributed by atoms with van der Waals surface area (Å²) in [5, 5.41) is 8.41. The quantitative estimate of drug-likeness (QED) is 0.533. The van der Waals surface area contributed by atoms with Crippen LogP contribution in [0, 0.1) is 5.92 Å². The van der Waals surface area contributed by atoms with Gasteiger partial charge in [0.05, 0.1) is 12.5 Å². The second kappa shape index (κ2) is 3.94. The van der Waals surface area contributed by atoms with Gasteiger partial charge in [0, 0.05) is 18.6 Å². The van der Waals surface area contributed by atoms with Crippen molar-refractivity contribution in [2.24, 2.45) is 5.92 Å². The molecule has 4 saturated heterocycles. The number of nitrogens with one attached hydrogen (secondary N) is 3. The Kier molecular flexibility index (Phi) is 2.39. The Morgan fingerprint density at radius 1 is 1.30 bits per heavy atom. The Hall–Kier alpha value is -1.63. The molecule has 7 nitrogen and oxygen atoms in total. The molecule has 0 aromatic rings. The van der Waals surface area contributed by atoms with Gasteiger partial charge in [-0.1, -0.05) is 0 Å². The van der Waals surface area contributed by atoms with Crippen LogP contribution in [0.4, 0.5) is 4.79 Å². The Balaban J connectivity index is 1.47. The fraction of sp³-hybridized carbons (Fsp3) is 0.769. The van der Waals surface area contributed by atoms with Gasteiger partial charge in [0.2, 0.25) is 5.91 Å². The van der Waals surface area contributed by atoms with Crippen molar-refractivity contribution >= 4 is 17.8 Å². The van der Waals surface area contributed by atoms with E-state index in [1.165, 1.54) is 0 Å². The number of amides is 4. The molecular formula is C13H18N4O3. The molecule has 0 radical (unpaired) electrons. The Morgan fingerprint density at radius 2 is 2.15 bits per heavy atom. The molecule has 0 aromatic carbocycles. The molecule has 1 spiro atoms. The number of nitrogens with zero attached hydrogens (tertiary/aromatic N) is 1. The largest absolute Gasteiger partial charge is 0.339 e. The van der Waals surface area contributed by atoms with Crippen LogP contribution in [0.25, 0.3) is 0 Å². The number of likely N-dealkylation sites (tertiary alicyclic amines) is 1. The SMILES string of the molecule is O=C1NC(=O)C2(CCN(C(=O)C3CC4CCC3N4)C2)N1. The summed E-state index contributed by atoms with van der Waals surface area (Å²) in [6.45, 7) is 0.845. The monoisotopic (exact) mass is 278 g/mol. The summed E-state index contributed by atoms with van der Waals surface area (Å²) in [4.78, 5) is 37.5. The molecule has 2 bridgehead atoms. The highest BCUT2D eigenvalue weighted by molar-refractivity contribution is 6.07. The average molecular weight is 278 g/mol. The summed E-state index contributed by atoms with van der Waals surface area (Å²) in [7, 11) is 0. The van der Waals surface area contributed by atoms with Gasteiger partial charge in [0.15, 0.2) is 0 Å². The summed E-state index contributed by atoms with van der Waals surface area (Å²) >= 11 is 0. The first-order valence-corrected chi connectivity index (χ1v) is 7.26. The van der Waals surface area contributed by atoms with E-state index in [1.807, 2.05) is 0 Å². The lowest BCUT2D eigenvalue weighted by atomic mass is 9.88. The summed E-state index contributed by atoms with van der Waals surface area (Å²) in [6.07, 6.45) is 3.64. The maximum absolute atomic E-state index is 12.6. The predicted molar refractivity (Wildman–Crippen MR) is 68.7 cm³/mol. The highest BCUT2D eigenvalue weighted by atomic mass is 16.2. The lowest BCUT2D eigenvalue weighted by molar-refractivity contribution is -0.135. The van der Waals surface area contributed by atoms with Crippen molar-refractivity contribution < 1.29 is 14.4 Å². The first kappa shape index (κ1) is 12.1. The van der Waals surface area contributed by atoms with Crippen LogP contribution in [0.5, 0.6) is 0 Å². The van der Waals surface area contributed by atoms with Crippen LogP contribution >= 0.6 is 0 Å². The van der Waals surface area contributed by atoms with E-state index in [-0.39, 0.29) is 17.7 Å². The standard InChI is InChI=1S/C13H18N4O3/c18-10(8-5-7-1-2-9(8)14-7)17-4-3-13(6-17)11(19)15-12(20)16-13/h7-9,14H,1-6H2,(H2,15,16,19,20). The normalized spacial score (nSPS) is 42.4.